The van der Waals surface area contributed by atoms with Crippen molar-refractivity contribution in [3.63, 3.8) is 0 Å². The predicted octanol–water partition coefficient (Wildman–Crippen LogP) is 7.92. The normalized spacial score (nSPS) is 19.7. The molecule has 10 nitrogen and oxygen atoms in total. The summed E-state index contributed by atoms with van der Waals surface area (Å²) in [6, 6.07) is 39.2. The minimum atomic E-state index is -1.34. The van der Waals surface area contributed by atoms with E-state index < -0.39 is 47.8 Å². The van der Waals surface area contributed by atoms with Gasteiger partial charge in [-0.1, -0.05) is 131 Å². The fourth-order valence-corrected chi connectivity index (χ4v) is 9.02. The number of aliphatic hydroxyl groups is 3. The molecule has 0 bridgehead atoms. The summed E-state index contributed by atoms with van der Waals surface area (Å²) in [7, 11) is 0. The Balaban J connectivity index is 1.03. The maximum absolute atomic E-state index is 15.2. The molecule has 0 saturated carbocycles. The Labute approximate surface area is 348 Å². The van der Waals surface area contributed by atoms with Crippen molar-refractivity contribution in [2.45, 2.75) is 53.4 Å². The molecule has 58 heavy (non-hydrogen) atoms. The topological polar surface area (TPSA) is 128 Å². The van der Waals surface area contributed by atoms with Gasteiger partial charge in [0.1, 0.15) is 59.3 Å². The average Bonchev–Trinajstić information content (AvgIpc) is 3.93. The van der Waals surface area contributed by atoms with E-state index in [2.05, 4.69) is 51.3 Å². The molecule has 0 aliphatic carbocycles. The fraction of sp³-hybridized carbons (Fsp3) is 0.205. The first-order valence-corrected chi connectivity index (χ1v) is 20.1. The molecule has 3 heterocycles. The highest BCUT2D eigenvalue weighted by Gasteiger charge is 2.46. The minimum Gasteiger partial charge on any atom is -0.394 e. The number of aromatic nitrogens is 5. The van der Waals surface area contributed by atoms with Crippen LogP contribution in [0, 0.1) is 5.82 Å². The van der Waals surface area contributed by atoms with Crippen molar-refractivity contribution in [3.05, 3.63) is 190 Å². The van der Waals surface area contributed by atoms with Crippen LogP contribution in [0.15, 0.2) is 151 Å². The van der Waals surface area contributed by atoms with Gasteiger partial charge in [0, 0.05) is 22.9 Å². The zero-order valence-electron chi connectivity index (χ0n) is 30.8. The van der Waals surface area contributed by atoms with Crippen molar-refractivity contribution in [2.75, 3.05) is 6.61 Å². The van der Waals surface area contributed by atoms with E-state index in [1.54, 1.807) is 30.5 Å². The Morgan fingerprint density at radius 3 is 2.07 bits per heavy atom. The Kier molecular flexibility index (Phi) is 12.1. The van der Waals surface area contributed by atoms with E-state index in [-0.39, 0.29) is 13.2 Å². The van der Waals surface area contributed by atoms with Crippen LogP contribution in [-0.2, 0) is 28.2 Å². The van der Waals surface area contributed by atoms with Crippen LogP contribution in [0.1, 0.15) is 34.1 Å². The molecule has 0 amide bonds. The van der Waals surface area contributed by atoms with Gasteiger partial charge in [-0.3, -0.25) is 0 Å². The summed E-state index contributed by atoms with van der Waals surface area (Å²) in [5.41, 5.74) is 2.71. The highest BCUT2D eigenvalue weighted by Crippen LogP contribution is 2.42. The number of nitrogens with zero attached hydrogens (tertiary/aromatic N) is 5. The maximum atomic E-state index is 15.2. The lowest BCUT2D eigenvalue weighted by atomic mass is 9.76. The molecule has 1 saturated heterocycles. The van der Waals surface area contributed by atoms with Gasteiger partial charge in [-0.25, -0.2) is 14.1 Å². The van der Waals surface area contributed by atoms with Gasteiger partial charge in [-0.15, -0.1) is 5.10 Å². The number of thioether (sulfide) groups is 1. The number of imidazole rings is 1. The highest BCUT2D eigenvalue weighted by atomic mass is 35.5. The third-order valence-electron chi connectivity index (χ3n) is 10.2. The van der Waals surface area contributed by atoms with Crippen LogP contribution in [0.2, 0.25) is 10.0 Å². The molecule has 1 aliphatic heterocycles. The van der Waals surface area contributed by atoms with E-state index in [0.29, 0.717) is 37.6 Å². The number of hydrogen-bond donors (Lipinski definition) is 3. The van der Waals surface area contributed by atoms with Gasteiger partial charge < -0.3 is 29.4 Å². The van der Waals surface area contributed by atoms with E-state index in [4.69, 9.17) is 37.7 Å². The summed E-state index contributed by atoms with van der Waals surface area (Å²) in [6.07, 6.45) is 1.57. The highest BCUT2D eigenvalue weighted by molar-refractivity contribution is 7.99. The first-order chi connectivity index (χ1) is 28.3. The van der Waals surface area contributed by atoms with Crippen LogP contribution in [0.4, 0.5) is 4.39 Å². The van der Waals surface area contributed by atoms with Crippen molar-refractivity contribution < 1.29 is 29.2 Å². The van der Waals surface area contributed by atoms with Gasteiger partial charge in [0.05, 0.1) is 29.5 Å². The van der Waals surface area contributed by atoms with Crippen LogP contribution in [-0.4, -0.2) is 70.2 Å². The summed E-state index contributed by atoms with van der Waals surface area (Å²) < 4.78 is 30.8. The molecular weight excluding hydrogens is 800 g/mol. The second-order valence-electron chi connectivity index (χ2n) is 13.8. The molecule has 0 spiro atoms. The number of aliphatic hydroxyl groups excluding tert-OH is 3. The zero-order chi connectivity index (χ0) is 40.2. The molecule has 1 fully saturated rings. The third kappa shape index (κ3) is 7.94. The molecule has 1 aliphatic rings. The van der Waals surface area contributed by atoms with Crippen LogP contribution in [0.25, 0.3) is 11.3 Å². The number of rotatable bonds is 13. The first-order valence-electron chi connectivity index (χ1n) is 18.5. The quantitative estimate of drug-likeness (QED) is 0.0994. The Bertz CT molecular complexity index is 2360. The fourth-order valence-electron chi connectivity index (χ4n) is 7.56. The molecule has 296 valence electrons. The standard InChI is InChI=1S/C44H38Cl2FN5O5S/c45-35-17-16-34(23-36(35)46)58-43-42(55)40(41(54)38(25-53)57-43)52-24-37(49-50-52)29-20-28(21-33(47)22-29)26-56-27-39-48-18-19-51(39)44(30-10-4-1-5-11-30,31-12-6-2-7-13-31)32-14-8-3-9-15-32/h1-24,38,40-43,53-55H,25-27H2/t38-,40+,41+,42-,43+/m1/s1. The van der Waals surface area contributed by atoms with E-state index in [9.17, 15) is 15.3 Å². The Morgan fingerprint density at radius 1 is 0.793 bits per heavy atom. The molecule has 8 rings (SSSR count). The average molecular weight is 839 g/mol. The second kappa shape index (κ2) is 17.5. The molecule has 0 radical (unpaired) electrons. The summed E-state index contributed by atoms with van der Waals surface area (Å²) in [4.78, 5) is 5.40. The van der Waals surface area contributed by atoms with E-state index in [1.807, 2.05) is 60.8 Å². The lowest BCUT2D eigenvalue weighted by Crippen LogP contribution is -2.55. The largest absolute Gasteiger partial charge is 0.394 e. The molecule has 2 aromatic heterocycles. The number of benzene rings is 5. The van der Waals surface area contributed by atoms with Crippen LogP contribution in [0.5, 0.6) is 0 Å². The lowest BCUT2D eigenvalue weighted by Gasteiger charge is -2.41. The van der Waals surface area contributed by atoms with Gasteiger partial charge in [-0.05, 0) is 58.7 Å². The Hall–Kier alpha value is -4.89. The van der Waals surface area contributed by atoms with E-state index in [0.717, 1.165) is 28.5 Å². The summed E-state index contributed by atoms with van der Waals surface area (Å²) >= 11 is 13.4. The number of halogens is 3. The van der Waals surface area contributed by atoms with Crippen molar-refractivity contribution in [1.82, 2.24) is 24.5 Å². The van der Waals surface area contributed by atoms with Crippen molar-refractivity contribution in [1.29, 1.82) is 0 Å². The summed E-state index contributed by atoms with van der Waals surface area (Å²) in [6.45, 7) is -0.330. The molecule has 3 N–H and O–H groups in total. The minimum absolute atomic E-state index is 0.0595. The SMILES string of the molecule is OC[C@H]1O[C@@H](Sc2ccc(Cl)c(Cl)c2)[C@H](O)[C@@H](n2cc(-c3cc(F)cc(COCc4nccn4C(c4ccccc4)(c4ccccc4)c4ccccc4)c3)nn2)[C@H]1O. The number of hydrogen-bond acceptors (Lipinski definition) is 9. The second-order valence-corrected chi connectivity index (χ2v) is 15.8. The van der Waals surface area contributed by atoms with Crippen LogP contribution < -0.4 is 0 Å². The molecule has 7 aromatic rings. The summed E-state index contributed by atoms with van der Waals surface area (Å²) in [5.74, 6) is 0.162. The first kappa shape index (κ1) is 39.9. The summed E-state index contributed by atoms with van der Waals surface area (Å²) in [5, 5.41) is 41.8. The maximum Gasteiger partial charge on any atom is 0.136 e. The molecule has 0 unspecified atom stereocenters. The van der Waals surface area contributed by atoms with Crippen molar-refractivity contribution in [3.8, 4) is 11.3 Å². The monoisotopic (exact) mass is 837 g/mol. The molecular formula is C44H38Cl2FN5O5S. The van der Waals surface area contributed by atoms with Crippen molar-refractivity contribution >= 4 is 35.0 Å². The number of ether oxygens (including phenoxy) is 2. The van der Waals surface area contributed by atoms with Crippen LogP contribution in [0.3, 0.4) is 0 Å². The zero-order valence-corrected chi connectivity index (χ0v) is 33.1. The van der Waals surface area contributed by atoms with E-state index >= 15 is 4.39 Å². The molecule has 14 heteroatoms. The lowest BCUT2D eigenvalue weighted by molar-refractivity contribution is -0.178. The van der Waals surface area contributed by atoms with Gasteiger partial charge in [-0.2, -0.15) is 0 Å². The molecule has 5 aromatic carbocycles. The smallest absolute Gasteiger partial charge is 0.136 e. The van der Waals surface area contributed by atoms with Crippen LogP contribution >= 0.6 is 35.0 Å². The third-order valence-corrected chi connectivity index (χ3v) is 12.1. The molecule has 5 atom stereocenters. The van der Waals surface area contributed by atoms with Crippen molar-refractivity contribution in [2.24, 2.45) is 0 Å². The van der Waals surface area contributed by atoms with Gasteiger partial charge in [0.2, 0.25) is 0 Å². The van der Waals surface area contributed by atoms with Gasteiger partial charge >= 0.3 is 0 Å². The van der Waals surface area contributed by atoms with Gasteiger partial charge in [0.15, 0.2) is 0 Å². The Morgan fingerprint density at radius 2 is 1.45 bits per heavy atom. The predicted molar refractivity (Wildman–Crippen MR) is 220 cm³/mol. The van der Waals surface area contributed by atoms with E-state index in [1.165, 1.54) is 23.0 Å². The van der Waals surface area contributed by atoms with Gasteiger partial charge in [0.25, 0.3) is 0 Å².